The quantitative estimate of drug-likeness (QED) is 0.0498. The van der Waals surface area contributed by atoms with E-state index in [2.05, 4.69) is 10.2 Å². The molecule has 1 aliphatic rings. The van der Waals surface area contributed by atoms with Gasteiger partial charge in [-0.2, -0.15) is 0 Å². The molecule has 0 saturated carbocycles. The Labute approximate surface area is 284 Å². The third-order valence-electron chi connectivity index (χ3n) is 7.83. The van der Waals surface area contributed by atoms with Crippen LogP contribution in [0.5, 0.6) is 17.2 Å². The summed E-state index contributed by atoms with van der Waals surface area (Å²) >= 11 is 2.50. The Morgan fingerprint density at radius 2 is 1.67 bits per heavy atom. The first-order valence-corrected chi connectivity index (χ1v) is 16.6. The minimum atomic E-state index is -1.05. The van der Waals surface area contributed by atoms with Gasteiger partial charge in [0.2, 0.25) is 5.13 Å². The lowest BCUT2D eigenvalue weighted by molar-refractivity contribution is -0.132. The zero-order chi connectivity index (χ0) is 33.8. The van der Waals surface area contributed by atoms with Crippen molar-refractivity contribution >= 4 is 45.7 Å². The third kappa shape index (κ3) is 6.76. The van der Waals surface area contributed by atoms with Crippen molar-refractivity contribution in [1.82, 2.24) is 10.2 Å². The molecule has 1 aromatic heterocycles. The summed E-state index contributed by atoms with van der Waals surface area (Å²) in [6.07, 6.45) is 0. The molecule has 0 aliphatic carbocycles. The van der Waals surface area contributed by atoms with Crippen molar-refractivity contribution in [2.24, 2.45) is 0 Å². The number of aromatic nitrogens is 2. The predicted molar refractivity (Wildman–Crippen MR) is 182 cm³/mol. The van der Waals surface area contributed by atoms with E-state index in [9.17, 15) is 19.1 Å². The summed E-state index contributed by atoms with van der Waals surface area (Å²) in [5.41, 5.74) is 3.75. The Balaban J connectivity index is 1.34. The molecule has 2 heterocycles. The minimum absolute atomic E-state index is 0.114. The van der Waals surface area contributed by atoms with E-state index in [-0.39, 0.29) is 22.3 Å². The van der Waals surface area contributed by atoms with E-state index in [4.69, 9.17) is 14.2 Å². The van der Waals surface area contributed by atoms with Crippen LogP contribution < -0.4 is 19.1 Å². The van der Waals surface area contributed by atoms with E-state index in [1.54, 1.807) is 54.6 Å². The highest BCUT2D eigenvalue weighted by Crippen LogP contribution is 2.45. The molecule has 1 N–H and O–H groups in total. The Morgan fingerprint density at radius 1 is 0.938 bits per heavy atom. The number of ether oxygens (including phenoxy) is 3. The van der Waals surface area contributed by atoms with Gasteiger partial charge >= 0.3 is 5.91 Å². The average molecular weight is 684 g/mol. The zero-order valence-electron chi connectivity index (χ0n) is 26.2. The fourth-order valence-electron chi connectivity index (χ4n) is 5.25. The number of methoxy groups -OCH3 is 2. The summed E-state index contributed by atoms with van der Waals surface area (Å²) in [4.78, 5) is 28.6. The molecule has 48 heavy (non-hydrogen) atoms. The number of aliphatic hydroxyl groups is 1. The van der Waals surface area contributed by atoms with Crippen LogP contribution in [0.3, 0.4) is 0 Å². The molecular formula is C36H30FN3O6S2. The highest BCUT2D eigenvalue weighted by Gasteiger charge is 2.48. The van der Waals surface area contributed by atoms with Crippen molar-refractivity contribution < 1.29 is 33.3 Å². The molecule has 1 unspecified atom stereocenters. The second-order valence-electron chi connectivity index (χ2n) is 10.8. The van der Waals surface area contributed by atoms with Gasteiger partial charge in [-0.25, -0.2) is 4.39 Å². The lowest BCUT2D eigenvalue weighted by Crippen LogP contribution is -2.29. The van der Waals surface area contributed by atoms with Gasteiger partial charge in [0.1, 0.15) is 23.9 Å². The van der Waals surface area contributed by atoms with Crippen LogP contribution in [0.1, 0.15) is 33.9 Å². The Hall–Kier alpha value is -5.20. The van der Waals surface area contributed by atoms with Crippen LogP contribution in [0.2, 0.25) is 0 Å². The summed E-state index contributed by atoms with van der Waals surface area (Å²) in [5, 5.41) is 20.3. The Morgan fingerprint density at radius 3 is 2.38 bits per heavy atom. The SMILES string of the molecule is COc1ccc(C2/C(=C(\O)c3ccc(OCc4ccccc4C)cc3)C(=O)C(=O)N2c2nnc(SCc3ccc(F)cc3)s2)cc1OC. The van der Waals surface area contributed by atoms with Crippen molar-refractivity contribution in [3.8, 4) is 17.2 Å². The molecular weight excluding hydrogens is 654 g/mol. The van der Waals surface area contributed by atoms with E-state index >= 15 is 0 Å². The van der Waals surface area contributed by atoms with Crippen LogP contribution in [0.15, 0.2) is 101 Å². The number of carbonyl (C=O) groups is 2. The molecule has 244 valence electrons. The summed E-state index contributed by atoms with van der Waals surface area (Å²) in [5.74, 6) is -0.503. The number of amides is 1. The number of aryl methyl sites for hydroxylation is 1. The number of ketones is 1. The number of hydrogen-bond donors (Lipinski definition) is 1. The van der Waals surface area contributed by atoms with Crippen molar-refractivity contribution in [1.29, 1.82) is 0 Å². The molecule has 5 aromatic rings. The van der Waals surface area contributed by atoms with Crippen LogP contribution in [0, 0.1) is 12.7 Å². The largest absolute Gasteiger partial charge is 0.507 e. The number of benzene rings is 4. The van der Waals surface area contributed by atoms with Crippen LogP contribution in [0.4, 0.5) is 9.52 Å². The minimum Gasteiger partial charge on any atom is -0.507 e. The van der Waals surface area contributed by atoms with Gasteiger partial charge in [-0.1, -0.05) is 65.6 Å². The summed E-state index contributed by atoms with van der Waals surface area (Å²) in [7, 11) is 2.99. The standard InChI is InChI=1S/C36H30FN3O6S2/c1-21-6-4-5-7-25(21)19-46-27-15-10-23(11-16-27)32(41)30-31(24-12-17-28(44-2)29(18-24)45-3)40(34(43)33(30)42)35-38-39-36(48-35)47-20-22-8-13-26(37)14-9-22/h4-18,31,41H,19-20H2,1-3H3/b32-30+. The van der Waals surface area contributed by atoms with Gasteiger partial charge in [0.25, 0.3) is 5.78 Å². The smallest absolute Gasteiger partial charge is 0.301 e. The topological polar surface area (TPSA) is 111 Å². The van der Waals surface area contributed by atoms with Gasteiger partial charge < -0.3 is 19.3 Å². The predicted octanol–water partition coefficient (Wildman–Crippen LogP) is 7.50. The Kier molecular flexibility index (Phi) is 9.74. The van der Waals surface area contributed by atoms with Gasteiger partial charge in [0.15, 0.2) is 15.8 Å². The molecule has 1 atom stereocenters. The second-order valence-corrected chi connectivity index (χ2v) is 13.0. The fraction of sp³-hybridized carbons (Fsp3) is 0.167. The second kappa shape index (κ2) is 14.3. The molecule has 4 aromatic carbocycles. The van der Waals surface area contributed by atoms with Crippen LogP contribution >= 0.6 is 23.1 Å². The van der Waals surface area contributed by atoms with E-state index in [1.165, 1.54) is 43.0 Å². The van der Waals surface area contributed by atoms with E-state index < -0.39 is 17.7 Å². The average Bonchev–Trinajstić information content (AvgIpc) is 3.68. The lowest BCUT2D eigenvalue weighted by atomic mass is 9.95. The molecule has 1 aliphatic heterocycles. The highest BCUT2D eigenvalue weighted by atomic mass is 32.2. The number of rotatable bonds is 11. The molecule has 0 bridgehead atoms. The van der Waals surface area contributed by atoms with Gasteiger partial charge in [0, 0.05) is 11.3 Å². The number of halogens is 1. The van der Waals surface area contributed by atoms with Crippen molar-refractivity contribution in [3.63, 3.8) is 0 Å². The number of aliphatic hydroxyl groups excluding tert-OH is 1. The van der Waals surface area contributed by atoms with E-state index in [1.807, 2.05) is 31.2 Å². The van der Waals surface area contributed by atoms with Crippen molar-refractivity contribution in [3.05, 3.63) is 130 Å². The monoisotopic (exact) mass is 683 g/mol. The number of carbonyl (C=O) groups excluding carboxylic acids is 2. The first kappa shape index (κ1) is 32.7. The maximum Gasteiger partial charge on any atom is 0.301 e. The summed E-state index contributed by atoms with van der Waals surface area (Å²) in [6.45, 7) is 2.38. The van der Waals surface area contributed by atoms with Crippen LogP contribution in [0.25, 0.3) is 5.76 Å². The van der Waals surface area contributed by atoms with Gasteiger partial charge in [0.05, 0.1) is 25.8 Å². The number of hydrogen-bond acceptors (Lipinski definition) is 10. The summed E-state index contributed by atoms with van der Waals surface area (Å²) < 4.78 is 30.8. The number of thioether (sulfide) groups is 1. The normalized spacial score (nSPS) is 15.5. The van der Waals surface area contributed by atoms with Gasteiger partial charge in [-0.3, -0.25) is 14.5 Å². The molecule has 6 rings (SSSR count). The maximum atomic E-state index is 13.7. The molecule has 9 nitrogen and oxygen atoms in total. The number of anilines is 1. The molecule has 1 saturated heterocycles. The fourth-order valence-corrected chi connectivity index (χ4v) is 7.07. The van der Waals surface area contributed by atoms with E-state index in [0.717, 1.165) is 28.0 Å². The van der Waals surface area contributed by atoms with E-state index in [0.29, 0.717) is 45.1 Å². The number of nitrogens with zero attached hydrogens (tertiary/aromatic N) is 3. The first-order valence-electron chi connectivity index (χ1n) is 14.8. The van der Waals surface area contributed by atoms with Crippen LogP contribution in [-0.2, 0) is 21.9 Å². The van der Waals surface area contributed by atoms with Gasteiger partial charge in [-0.05, 0) is 77.7 Å². The van der Waals surface area contributed by atoms with Crippen molar-refractivity contribution in [2.75, 3.05) is 19.1 Å². The highest BCUT2D eigenvalue weighted by molar-refractivity contribution is 8.00. The molecule has 12 heteroatoms. The van der Waals surface area contributed by atoms with Gasteiger partial charge in [-0.15, -0.1) is 10.2 Å². The number of Topliss-reactive ketones (excluding diaryl/α,β-unsaturated/α-hetero) is 1. The first-order chi connectivity index (χ1) is 23.3. The summed E-state index contributed by atoms with van der Waals surface area (Å²) in [6, 6.07) is 24.7. The third-order valence-corrected chi connectivity index (χ3v) is 9.96. The molecule has 0 radical (unpaired) electrons. The Bertz CT molecular complexity index is 2000. The molecule has 1 fully saturated rings. The molecule has 0 spiro atoms. The zero-order valence-corrected chi connectivity index (χ0v) is 27.8. The van der Waals surface area contributed by atoms with Crippen molar-refractivity contribution in [2.45, 2.75) is 29.7 Å². The maximum absolute atomic E-state index is 13.7. The lowest BCUT2D eigenvalue weighted by Gasteiger charge is -2.23. The van der Waals surface area contributed by atoms with Crippen LogP contribution in [-0.4, -0.2) is 41.2 Å². The molecule has 1 amide bonds.